The van der Waals surface area contributed by atoms with Crippen LogP contribution in [-0.4, -0.2) is 282 Å². The second-order valence-corrected chi connectivity index (χ2v) is 31.0. The van der Waals surface area contributed by atoms with Crippen LogP contribution in [0.1, 0.15) is 91.7 Å². The molecule has 0 aliphatic carbocycles. The standard InChI is InChI=1S/C60H94N18O19S5/c1-7-29(4)46-58(95)72-37(47(62)84)23-99-101-25-39-54(91)70-35(21-79)51(88)69-34(18-31-20-63-27-64-31)59(96)77-15-8-10-41(77)55(92)75-45(28(2)3)57(94)74-40(26-102-100-24-38(52(89)73-39)66-43(81)19-61)53(90)68-32(12-13-44(82)83)49(86)65-30(5)48(85)67-33(14-17-98-6)50(87)71-36(22-80)60(97)78-16-9-11-42(78)56(93)76-46/h20,27-30,32-42,45-46,79-80H,7-19,21-26,61H2,1-6H3,(H2,62,84)(H,63,64)(H,65,86)(H,66,81)(H,67,85)(H,68,90)(H,69,88)(H,70,91)(H,71,87)(H,72,95)(H,73,89)(H,74,94)(H,75,92)(H,76,93)(H,82,83)/t29-,30-,32-,33-,34-,35-,36-,37-,38-,39-,40-,41-,42-,45-,46-/m0/s1. The van der Waals surface area contributed by atoms with E-state index in [0.717, 1.165) is 48.1 Å². The molecule has 42 heteroatoms. The Hall–Kier alpha value is -7.64. The highest BCUT2D eigenvalue weighted by atomic mass is 33.1. The number of rotatable bonds is 16. The summed E-state index contributed by atoms with van der Waals surface area (Å²) in [6, 6.07) is -21.6. The number of amides is 15. The third-order valence-electron chi connectivity index (χ3n) is 17.1. The highest BCUT2D eigenvalue weighted by Gasteiger charge is 2.44. The maximum atomic E-state index is 14.8. The Kier molecular flexibility index (Phi) is 35.2. The van der Waals surface area contributed by atoms with Gasteiger partial charge in [0.2, 0.25) is 88.6 Å². The number of aromatic amines is 1. The first kappa shape index (κ1) is 85.0. The topological polar surface area (TPSA) is 565 Å². The molecule has 0 aromatic carbocycles. The number of nitrogens with zero attached hydrogens (tertiary/aromatic N) is 3. The number of carboxylic acids is 1. The number of imidazole rings is 1. The third kappa shape index (κ3) is 25.4. The van der Waals surface area contributed by atoms with Crippen LogP contribution in [0.15, 0.2) is 12.5 Å². The summed E-state index contributed by atoms with van der Waals surface area (Å²) >= 11 is 1.28. The van der Waals surface area contributed by atoms with Crippen LogP contribution < -0.4 is 75.3 Å². The van der Waals surface area contributed by atoms with Crippen molar-refractivity contribution in [3.05, 3.63) is 18.2 Å². The number of aromatic nitrogens is 2. The Morgan fingerprint density at radius 1 is 0.608 bits per heavy atom. The van der Waals surface area contributed by atoms with E-state index in [1.165, 1.54) is 36.1 Å². The number of primary amides is 1. The molecule has 1 aromatic heterocycles. The molecule has 4 aliphatic rings. The maximum absolute atomic E-state index is 14.8. The molecule has 1 aromatic rings. The zero-order chi connectivity index (χ0) is 75.5. The molecule has 0 spiro atoms. The molecular weight excluding hydrogens is 1440 g/mol. The zero-order valence-corrected chi connectivity index (χ0v) is 61.3. The number of carbonyl (C=O) groups excluding carboxylic acids is 15. The van der Waals surface area contributed by atoms with Crippen molar-refractivity contribution in [2.24, 2.45) is 23.3 Å². The summed E-state index contributed by atoms with van der Waals surface area (Å²) in [6.45, 7) is 4.91. The van der Waals surface area contributed by atoms with Gasteiger partial charge in [-0.2, -0.15) is 11.8 Å². The number of fused-ring (bicyclic) bond motifs is 10. The fraction of sp³-hybridized carbons (Fsp3) is 0.683. The molecule has 15 atom stereocenters. The Labute approximate surface area is 608 Å². The molecule has 0 saturated carbocycles. The Bertz CT molecular complexity index is 3160. The van der Waals surface area contributed by atoms with E-state index in [1.807, 2.05) is 0 Å². The molecule has 102 heavy (non-hydrogen) atoms. The van der Waals surface area contributed by atoms with Crippen LogP contribution in [0.2, 0.25) is 0 Å². The lowest BCUT2D eigenvalue weighted by atomic mass is 9.97. The quantitative estimate of drug-likeness (QED) is 0.0684. The number of nitrogens with two attached hydrogens (primary N) is 2. The molecule has 0 unspecified atom stereocenters. The van der Waals surface area contributed by atoms with Crippen LogP contribution in [0.5, 0.6) is 0 Å². The van der Waals surface area contributed by atoms with Crippen molar-refractivity contribution in [2.75, 3.05) is 67.9 Å². The van der Waals surface area contributed by atoms with Gasteiger partial charge in [0.15, 0.2) is 0 Å². The van der Waals surface area contributed by atoms with Gasteiger partial charge in [0.05, 0.1) is 26.1 Å². The Balaban J connectivity index is 1.65. The summed E-state index contributed by atoms with van der Waals surface area (Å²) < 4.78 is 0. The van der Waals surface area contributed by atoms with Crippen molar-refractivity contribution in [1.29, 1.82) is 0 Å². The fourth-order valence-corrected chi connectivity index (χ4v) is 16.1. The van der Waals surface area contributed by atoms with E-state index in [9.17, 15) is 92.0 Å². The number of hydrogen-bond donors (Lipinski definition) is 18. The summed E-state index contributed by atoms with van der Waals surface area (Å²) in [7, 11) is 3.36. The van der Waals surface area contributed by atoms with Crippen molar-refractivity contribution in [1.82, 2.24) is 83.6 Å². The molecule has 5 rings (SSSR count). The van der Waals surface area contributed by atoms with Gasteiger partial charge in [-0.3, -0.25) is 76.7 Å². The zero-order valence-electron chi connectivity index (χ0n) is 57.2. The van der Waals surface area contributed by atoms with Gasteiger partial charge in [-0.15, -0.1) is 0 Å². The second kappa shape index (κ2) is 42.2. The van der Waals surface area contributed by atoms with Crippen molar-refractivity contribution >= 4 is 150 Å². The van der Waals surface area contributed by atoms with Gasteiger partial charge < -0.3 is 105 Å². The molecule has 15 amide bonds. The predicted molar refractivity (Wildman–Crippen MR) is 377 cm³/mol. The third-order valence-corrected chi connectivity index (χ3v) is 22.6. The van der Waals surface area contributed by atoms with Gasteiger partial charge in [-0.05, 0) is 69.3 Å². The summed E-state index contributed by atoms with van der Waals surface area (Å²) in [4.78, 5) is 235. The molecule has 4 fully saturated rings. The SMILES string of the molecule is CC[C@H](C)[C@@H]1NC(=O)[C@@H]2CCCN2C(=O)[C@H](CO)NC(=O)[C@H](CCSC)NC(=O)[C@H](C)NC(=O)[C@H](CCC(=O)O)NC(=O)[C@@H]2CSSC[C@H](NC(=O)CN)C(=O)N[C@@H](CSSC[C@@H](C(N)=O)NC1=O)C(=O)N[C@@H](CO)C(=O)N[C@@H](Cc1cnc[nH]1)C(=O)N1CCC[C@H]1C(=O)N[C@@H](C(C)C)C(=O)N2. The smallest absolute Gasteiger partial charge is 0.303 e. The number of aliphatic carboxylic acids is 1. The van der Waals surface area contributed by atoms with Crippen LogP contribution >= 0.6 is 54.9 Å². The van der Waals surface area contributed by atoms with Crippen LogP contribution in [0.3, 0.4) is 0 Å². The van der Waals surface area contributed by atoms with E-state index in [4.69, 9.17) is 11.5 Å². The Morgan fingerprint density at radius 3 is 1.65 bits per heavy atom. The lowest BCUT2D eigenvalue weighted by Crippen LogP contribution is -2.62. The largest absolute Gasteiger partial charge is 0.481 e. The summed E-state index contributed by atoms with van der Waals surface area (Å²) in [5, 5.41) is 61.4. The van der Waals surface area contributed by atoms with Crippen molar-refractivity contribution in [3.8, 4) is 0 Å². The lowest BCUT2D eigenvalue weighted by molar-refractivity contribution is -0.143. The molecule has 2 bridgehead atoms. The van der Waals surface area contributed by atoms with Gasteiger partial charge in [0.25, 0.3) is 0 Å². The number of carbonyl (C=O) groups is 16. The van der Waals surface area contributed by atoms with Crippen molar-refractivity contribution < 1.29 is 92.0 Å². The average Bonchev–Trinajstić information content (AvgIpc) is 1.60. The van der Waals surface area contributed by atoms with Gasteiger partial charge in [0, 0.05) is 60.8 Å². The molecule has 37 nitrogen and oxygen atoms in total. The van der Waals surface area contributed by atoms with Crippen LogP contribution in [0.4, 0.5) is 0 Å². The van der Waals surface area contributed by atoms with E-state index in [0.29, 0.717) is 12.1 Å². The molecule has 568 valence electrons. The number of thioether (sulfide) groups is 1. The van der Waals surface area contributed by atoms with Crippen molar-refractivity contribution in [2.45, 2.75) is 177 Å². The second-order valence-electron chi connectivity index (χ2n) is 24.9. The first-order valence-electron chi connectivity index (χ1n) is 33.1. The maximum Gasteiger partial charge on any atom is 0.303 e. The number of carboxylic acid groups (broad SMARTS) is 1. The molecule has 4 saturated heterocycles. The van der Waals surface area contributed by atoms with E-state index >= 15 is 0 Å². The van der Waals surface area contributed by atoms with E-state index in [-0.39, 0.29) is 63.1 Å². The summed E-state index contributed by atoms with van der Waals surface area (Å²) in [6.07, 6.45) is 3.65. The summed E-state index contributed by atoms with van der Waals surface area (Å²) in [5.41, 5.74) is 11.8. The fourth-order valence-electron chi connectivity index (χ4n) is 11.0. The van der Waals surface area contributed by atoms with Crippen LogP contribution in [0.25, 0.3) is 0 Å². The summed E-state index contributed by atoms with van der Waals surface area (Å²) in [5.74, 6) is -18.7. The number of aliphatic hydroxyl groups excluding tert-OH is 2. The normalized spacial score (nSPS) is 28.8. The first-order valence-corrected chi connectivity index (χ1v) is 39.5. The lowest BCUT2D eigenvalue weighted by Gasteiger charge is -2.31. The van der Waals surface area contributed by atoms with Crippen molar-refractivity contribution in [3.63, 3.8) is 0 Å². The number of hydrogen-bond acceptors (Lipinski definition) is 25. The number of aliphatic hydroxyl groups is 2. The molecule has 20 N–H and O–H groups in total. The van der Waals surface area contributed by atoms with Gasteiger partial charge in [-0.1, -0.05) is 77.3 Å². The highest BCUT2D eigenvalue weighted by Crippen LogP contribution is 2.27. The number of H-pyrrole nitrogens is 1. The number of nitrogens with one attached hydrogen (secondary N) is 13. The highest BCUT2D eigenvalue weighted by molar-refractivity contribution is 8.77. The van der Waals surface area contributed by atoms with E-state index in [2.05, 4.69) is 73.8 Å². The van der Waals surface area contributed by atoms with E-state index in [1.54, 1.807) is 34.0 Å². The minimum atomic E-state index is -1.85. The minimum Gasteiger partial charge on any atom is -0.481 e. The minimum absolute atomic E-state index is 0.0283. The Morgan fingerprint density at radius 2 is 1.11 bits per heavy atom. The van der Waals surface area contributed by atoms with Crippen LogP contribution in [0, 0.1) is 11.8 Å². The van der Waals surface area contributed by atoms with Gasteiger partial charge in [-0.25, -0.2) is 4.98 Å². The van der Waals surface area contributed by atoms with E-state index < -0.39 is 241 Å². The molecule has 4 aliphatic heterocycles. The monoisotopic (exact) mass is 1530 g/mol. The average molecular weight is 1530 g/mol. The molecular formula is C60H94N18O19S5. The first-order chi connectivity index (χ1) is 48.5. The van der Waals surface area contributed by atoms with Crippen LogP contribution in [-0.2, 0) is 83.1 Å². The molecule has 5 heterocycles. The van der Waals surface area contributed by atoms with Gasteiger partial charge >= 0.3 is 5.97 Å². The predicted octanol–water partition coefficient (Wildman–Crippen LogP) is -6.69. The van der Waals surface area contributed by atoms with Gasteiger partial charge in [0.1, 0.15) is 84.6 Å². The molecule has 0 radical (unpaired) electrons.